The summed E-state index contributed by atoms with van der Waals surface area (Å²) in [5.41, 5.74) is 4.94. The lowest BCUT2D eigenvalue weighted by Gasteiger charge is -2.28. The number of hydrogen-bond donors (Lipinski definition) is 1. The first-order chi connectivity index (χ1) is 18.5. The number of carbonyl (C=O) groups is 1. The van der Waals surface area contributed by atoms with Crippen LogP contribution in [0.2, 0.25) is 0 Å². The molecule has 0 fully saturated rings. The number of aryl methyl sites for hydroxylation is 1. The van der Waals surface area contributed by atoms with E-state index in [-0.39, 0.29) is 6.61 Å². The van der Waals surface area contributed by atoms with Gasteiger partial charge < -0.3 is 19.5 Å². The molecule has 9 heteroatoms. The minimum absolute atomic E-state index is 0.154. The van der Waals surface area contributed by atoms with Crippen LogP contribution in [0.15, 0.2) is 84.1 Å². The zero-order chi connectivity index (χ0) is 26.5. The van der Waals surface area contributed by atoms with Gasteiger partial charge in [0.25, 0.3) is 0 Å². The summed E-state index contributed by atoms with van der Waals surface area (Å²) in [5.74, 6) is 1.16. The van der Waals surface area contributed by atoms with Gasteiger partial charge in [0.2, 0.25) is 5.95 Å². The van der Waals surface area contributed by atoms with E-state index >= 15 is 0 Å². The number of aromatic nitrogens is 4. The number of benzene rings is 3. The Labute approximate surface area is 221 Å². The second-order valence-electron chi connectivity index (χ2n) is 8.99. The molecule has 0 bridgehead atoms. The van der Waals surface area contributed by atoms with E-state index in [1.54, 1.807) is 4.68 Å². The van der Waals surface area contributed by atoms with Crippen molar-refractivity contribution in [2.75, 3.05) is 11.9 Å². The van der Waals surface area contributed by atoms with Gasteiger partial charge in [-0.2, -0.15) is 4.68 Å². The summed E-state index contributed by atoms with van der Waals surface area (Å²) >= 11 is 0. The molecule has 1 aliphatic heterocycles. The molecule has 1 atom stereocenters. The van der Waals surface area contributed by atoms with E-state index < -0.39 is 12.0 Å². The predicted molar refractivity (Wildman–Crippen MR) is 142 cm³/mol. The van der Waals surface area contributed by atoms with Gasteiger partial charge in [0.15, 0.2) is 11.5 Å². The number of tetrazole rings is 1. The number of carbonyl (C=O) groups excluding carboxylic acids is 1. The van der Waals surface area contributed by atoms with Gasteiger partial charge >= 0.3 is 5.97 Å². The molecule has 0 saturated heterocycles. The van der Waals surface area contributed by atoms with Crippen molar-refractivity contribution >= 4 is 11.9 Å². The molecular formula is C29H29N5O4. The Bertz CT molecular complexity index is 1450. The van der Waals surface area contributed by atoms with Crippen LogP contribution in [0.25, 0.3) is 0 Å². The fourth-order valence-electron chi connectivity index (χ4n) is 4.31. The van der Waals surface area contributed by atoms with Gasteiger partial charge in [0, 0.05) is 5.70 Å². The van der Waals surface area contributed by atoms with Crippen molar-refractivity contribution in [1.29, 1.82) is 0 Å². The van der Waals surface area contributed by atoms with Crippen LogP contribution in [0.3, 0.4) is 0 Å². The van der Waals surface area contributed by atoms with Crippen molar-refractivity contribution in [3.05, 3.63) is 106 Å². The predicted octanol–water partition coefficient (Wildman–Crippen LogP) is 4.99. The largest absolute Gasteiger partial charge is 0.490 e. The molecule has 1 aromatic heterocycles. The fraction of sp³-hybridized carbons (Fsp3) is 0.241. The second kappa shape index (κ2) is 11.2. The third-order valence-electron chi connectivity index (χ3n) is 6.25. The molecule has 2 heterocycles. The zero-order valence-electron chi connectivity index (χ0n) is 21.5. The molecule has 9 nitrogen and oxygen atoms in total. The third kappa shape index (κ3) is 5.36. The van der Waals surface area contributed by atoms with E-state index in [1.807, 2.05) is 74.5 Å². The number of fused-ring (bicyclic) bond motifs is 1. The number of rotatable bonds is 9. The average molecular weight is 512 g/mol. The van der Waals surface area contributed by atoms with Crippen LogP contribution in [0, 0.1) is 6.92 Å². The summed E-state index contributed by atoms with van der Waals surface area (Å²) < 4.78 is 19.3. The monoisotopic (exact) mass is 511 g/mol. The first-order valence-electron chi connectivity index (χ1n) is 12.4. The number of esters is 1. The summed E-state index contributed by atoms with van der Waals surface area (Å²) in [7, 11) is 0. The van der Waals surface area contributed by atoms with E-state index in [9.17, 15) is 4.79 Å². The minimum Gasteiger partial charge on any atom is -0.490 e. The number of nitrogens with one attached hydrogen (secondary N) is 1. The molecule has 4 aromatic rings. The van der Waals surface area contributed by atoms with Crippen molar-refractivity contribution in [3.63, 3.8) is 0 Å². The van der Waals surface area contributed by atoms with Gasteiger partial charge in [-0.3, -0.25) is 0 Å². The average Bonchev–Trinajstić information content (AvgIpc) is 3.40. The topological polar surface area (TPSA) is 100 Å². The summed E-state index contributed by atoms with van der Waals surface area (Å²) in [4.78, 5) is 13.4. The van der Waals surface area contributed by atoms with Gasteiger partial charge in [0.1, 0.15) is 19.3 Å². The quantitative estimate of drug-likeness (QED) is 0.314. The Balaban J connectivity index is 1.44. The van der Waals surface area contributed by atoms with Crippen molar-refractivity contribution < 1.29 is 19.0 Å². The normalized spacial score (nSPS) is 14.4. The molecule has 3 aromatic carbocycles. The Morgan fingerprint density at radius 1 is 0.921 bits per heavy atom. The van der Waals surface area contributed by atoms with Crippen LogP contribution in [0.5, 0.6) is 11.5 Å². The van der Waals surface area contributed by atoms with E-state index in [4.69, 9.17) is 14.2 Å². The summed E-state index contributed by atoms with van der Waals surface area (Å²) in [6.07, 6.45) is 0. The molecule has 0 amide bonds. The van der Waals surface area contributed by atoms with Gasteiger partial charge in [-0.1, -0.05) is 71.3 Å². The van der Waals surface area contributed by atoms with Crippen molar-refractivity contribution in [2.24, 2.45) is 0 Å². The summed E-state index contributed by atoms with van der Waals surface area (Å²) in [6, 6.07) is 22.7. The Kier molecular flexibility index (Phi) is 7.35. The molecule has 0 saturated carbocycles. The molecule has 0 spiro atoms. The molecule has 0 radical (unpaired) electrons. The molecule has 1 N–H and O–H groups in total. The van der Waals surface area contributed by atoms with Crippen LogP contribution >= 0.6 is 0 Å². The summed E-state index contributed by atoms with van der Waals surface area (Å²) in [5, 5.41) is 15.1. The lowest BCUT2D eigenvalue weighted by atomic mass is 9.95. The van der Waals surface area contributed by atoms with Crippen molar-refractivity contribution in [1.82, 2.24) is 20.2 Å². The maximum atomic E-state index is 13.4. The first-order valence-corrected chi connectivity index (χ1v) is 12.4. The SMILES string of the molecule is CCOc1cc(C2C(C(=O)OCc3ccccc3)=C(C)Nc3nnnn32)ccc1OCc1ccc(C)cc1. The highest BCUT2D eigenvalue weighted by molar-refractivity contribution is 5.92. The van der Waals surface area contributed by atoms with Crippen LogP contribution in [0.4, 0.5) is 5.95 Å². The first kappa shape index (κ1) is 25.0. The molecule has 38 heavy (non-hydrogen) atoms. The van der Waals surface area contributed by atoms with Crippen LogP contribution in [-0.2, 0) is 22.7 Å². The van der Waals surface area contributed by atoms with Gasteiger partial charge in [0.05, 0.1) is 12.2 Å². The van der Waals surface area contributed by atoms with Crippen molar-refractivity contribution in [3.8, 4) is 11.5 Å². The number of hydrogen-bond acceptors (Lipinski definition) is 8. The number of nitrogens with zero attached hydrogens (tertiary/aromatic N) is 4. The lowest BCUT2D eigenvalue weighted by Crippen LogP contribution is -2.29. The van der Waals surface area contributed by atoms with E-state index in [2.05, 4.69) is 39.9 Å². The Morgan fingerprint density at radius 2 is 1.68 bits per heavy atom. The molecule has 0 aliphatic carbocycles. The maximum Gasteiger partial charge on any atom is 0.338 e. The van der Waals surface area contributed by atoms with Crippen LogP contribution in [0.1, 0.15) is 42.1 Å². The minimum atomic E-state index is -0.616. The smallest absolute Gasteiger partial charge is 0.338 e. The highest BCUT2D eigenvalue weighted by atomic mass is 16.5. The number of ether oxygens (including phenoxy) is 3. The number of allylic oxidation sites excluding steroid dienone is 1. The van der Waals surface area contributed by atoms with E-state index in [1.165, 1.54) is 5.56 Å². The van der Waals surface area contributed by atoms with Gasteiger partial charge in [-0.15, -0.1) is 0 Å². The molecule has 5 rings (SSSR count). The molecular weight excluding hydrogens is 482 g/mol. The highest BCUT2D eigenvalue weighted by Crippen LogP contribution is 2.39. The summed E-state index contributed by atoms with van der Waals surface area (Å²) in [6.45, 7) is 6.79. The molecule has 1 aliphatic rings. The second-order valence-corrected chi connectivity index (χ2v) is 8.99. The van der Waals surface area contributed by atoms with Gasteiger partial charge in [-0.25, -0.2) is 4.79 Å². The third-order valence-corrected chi connectivity index (χ3v) is 6.25. The zero-order valence-corrected chi connectivity index (χ0v) is 21.5. The lowest BCUT2D eigenvalue weighted by molar-refractivity contribution is -0.140. The van der Waals surface area contributed by atoms with Crippen molar-refractivity contribution in [2.45, 2.75) is 40.0 Å². The Morgan fingerprint density at radius 3 is 2.45 bits per heavy atom. The number of anilines is 1. The van der Waals surface area contributed by atoms with Crippen LogP contribution < -0.4 is 14.8 Å². The maximum absolute atomic E-state index is 13.4. The molecule has 1 unspecified atom stereocenters. The Hall–Kier alpha value is -4.66. The van der Waals surface area contributed by atoms with Crippen LogP contribution in [-0.4, -0.2) is 32.8 Å². The highest BCUT2D eigenvalue weighted by Gasteiger charge is 2.35. The fourth-order valence-corrected chi connectivity index (χ4v) is 4.31. The van der Waals surface area contributed by atoms with Gasteiger partial charge in [-0.05, 0) is 60.0 Å². The van der Waals surface area contributed by atoms with E-state index in [0.29, 0.717) is 41.9 Å². The van der Waals surface area contributed by atoms with E-state index in [0.717, 1.165) is 16.7 Å². The standard InChI is InChI=1S/C29H29N5O4/c1-4-36-25-16-23(14-15-24(25)37-17-22-12-10-19(2)11-13-22)27-26(20(3)30-29-31-32-33-34(27)29)28(35)38-18-21-8-6-5-7-9-21/h5-16,27H,4,17-18H2,1-3H3,(H,30,31,33). The molecule has 194 valence electrons.